The standard InChI is InChI=1S/C8H10N2/c1-6-10(7-1)8-2-4-9-5-3-8/h2-5H,1,6-7H2. The smallest absolute Gasteiger partial charge is 0.0397 e. The van der Waals surface area contributed by atoms with Crippen LogP contribution in [0.2, 0.25) is 0 Å². The third-order valence-corrected chi connectivity index (χ3v) is 1.88. The summed E-state index contributed by atoms with van der Waals surface area (Å²) in [6.07, 6.45) is 5.02. The largest absolute Gasteiger partial charge is 0.371 e. The second kappa shape index (κ2) is 2.29. The Morgan fingerprint density at radius 2 is 1.90 bits per heavy atom. The van der Waals surface area contributed by atoms with Crippen LogP contribution in [-0.2, 0) is 0 Å². The summed E-state index contributed by atoms with van der Waals surface area (Å²) in [4.78, 5) is 6.31. The number of hydrogen-bond acceptors (Lipinski definition) is 2. The van der Waals surface area contributed by atoms with E-state index in [2.05, 4.69) is 22.0 Å². The summed E-state index contributed by atoms with van der Waals surface area (Å²) in [5, 5.41) is 0. The first-order valence-corrected chi connectivity index (χ1v) is 3.62. The molecule has 52 valence electrons. The molecule has 0 N–H and O–H groups in total. The lowest BCUT2D eigenvalue weighted by Crippen LogP contribution is -2.36. The zero-order valence-corrected chi connectivity index (χ0v) is 5.83. The lowest BCUT2D eigenvalue weighted by atomic mass is 10.2. The highest BCUT2D eigenvalue weighted by Crippen LogP contribution is 2.17. The molecule has 0 saturated carbocycles. The first kappa shape index (κ1) is 5.71. The molecule has 0 spiro atoms. The number of hydrogen-bond donors (Lipinski definition) is 0. The Kier molecular flexibility index (Phi) is 1.31. The zero-order valence-electron chi connectivity index (χ0n) is 5.83. The maximum atomic E-state index is 3.96. The molecule has 2 rings (SSSR count). The highest BCUT2D eigenvalue weighted by atomic mass is 15.2. The van der Waals surface area contributed by atoms with Gasteiger partial charge in [-0.05, 0) is 18.6 Å². The maximum absolute atomic E-state index is 3.96. The second-order valence-electron chi connectivity index (χ2n) is 2.55. The van der Waals surface area contributed by atoms with Crippen molar-refractivity contribution in [2.45, 2.75) is 6.42 Å². The van der Waals surface area contributed by atoms with E-state index in [9.17, 15) is 0 Å². The van der Waals surface area contributed by atoms with Gasteiger partial charge in [0.05, 0.1) is 0 Å². The average Bonchev–Trinajstić information content (AvgIpc) is 1.86. The van der Waals surface area contributed by atoms with Crippen molar-refractivity contribution in [2.24, 2.45) is 0 Å². The van der Waals surface area contributed by atoms with Crippen molar-refractivity contribution in [2.75, 3.05) is 18.0 Å². The van der Waals surface area contributed by atoms with E-state index in [-0.39, 0.29) is 0 Å². The molecule has 0 radical (unpaired) electrons. The van der Waals surface area contributed by atoms with Gasteiger partial charge in [0.15, 0.2) is 0 Å². The average molecular weight is 134 g/mol. The molecule has 0 aromatic carbocycles. The van der Waals surface area contributed by atoms with E-state index in [1.165, 1.54) is 25.2 Å². The Labute approximate surface area is 60.5 Å². The van der Waals surface area contributed by atoms with Crippen LogP contribution in [0.25, 0.3) is 0 Å². The fraction of sp³-hybridized carbons (Fsp3) is 0.375. The molecule has 0 aliphatic carbocycles. The SMILES string of the molecule is c1cc(N2CCC2)ccn1. The van der Waals surface area contributed by atoms with Crippen LogP contribution >= 0.6 is 0 Å². The third-order valence-electron chi connectivity index (χ3n) is 1.88. The van der Waals surface area contributed by atoms with Crippen molar-refractivity contribution in [1.82, 2.24) is 4.98 Å². The summed E-state index contributed by atoms with van der Waals surface area (Å²) in [5.41, 5.74) is 1.31. The number of pyridine rings is 1. The van der Waals surface area contributed by atoms with Gasteiger partial charge < -0.3 is 4.90 Å². The molecule has 1 aliphatic rings. The molecule has 0 bridgehead atoms. The quantitative estimate of drug-likeness (QED) is 0.575. The molecular weight excluding hydrogens is 124 g/mol. The van der Waals surface area contributed by atoms with Crippen LogP contribution in [0.3, 0.4) is 0 Å². The molecule has 0 unspecified atom stereocenters. The molecule has 2 nitrogen and oxygen atoms in total. The van der Waals surface area contributed by atoms with Crippen molar-refractivity contribution in [3.05, 3.63) is 24.5 Å². The Morgan fingerprint density at radius 1 is 1.20 bits per heavy atom. The van der Waals surface area contributed by atoms with Crippen molar-refractivity contribution in [1.29, 1.82) is 0 Å². The molecule has 1 aromatic rings. The van der Waals surface area contributed by atoms with Crippen LogP contribution < -0.4 is 4.90 Å². The lowest BCUT2D eigenvalue weighted by molar-refractivity contribution is 0.617. The highest BCUT2D eigenvalue weighted by Gasteiger charge is 2.12. The Hall–Kier alpha value is -1.05. The van der Waals surface area contributed by atoms with Crippen LogP contribution in [0.5, 0.6) is 0 Å². The van der Waals surface area contributed by atoms with E-state index >= 15 is 0 Å². The van der Waals surface area contributed by atoms with Crippen LogP contribution in [0.15, 0.2) is 24.5 Å². The highest BCUT2D eigenvalue weighted by molar-refractivity contribution is 5.46. The molecule has 10 heavy (non-hydrogen) atoms. The van der Waals surface area contributed by atoms with Crippen molar-refractivity contribution < 1.29 is 0 Å². The van der Waals surface area contributed by atoms with Gasteiger partial charge in [0.2, 0.25) is 0 Å². The van der Waals surface area contributed by atoms with E-state index in [1.54, 1.807) is 0 Å². The Bertz CT molecular complexity index is 204. The van der Waals surface area contributed by atoms with E-state index in [1.807, 2.05) is 12.4 Å². The van der Waals surface area contributed by atoms with Crippen LogP contribution in [0.1, 0.15) is 6.42 Å². The molecule has 0 atom stereocenters. The summed E-state index contributed by atoms with van der Waals surface area (Å²) in [5.74, 6) is 0. The van der Waals surface area contributed by atoms with Gasteiger partial charge in [0, 0.05) is 31.2 Å². The number of rotatable bonds is 1. The summed E-state index contributed by atoms with van der Waals surface area (Å²) in [6, 6.07) is 4.11. The maximum Gasteiger partial charge on any atom is 0.0397 e. The normalized spacial score (nSPS) is 16.6. The van der Waals surface area contributed by atoms with Crippen LogP contribution in [-0.4, -0.2) is 18.1 Å². The molecule has 1 fully saturated rings. The predicted molar refractivity (Wildman–Crippen MR) is 41.1 cm³/mol. The molecule has 1 aliphatic heterocycles. The van der Waals surface area contributed by atoms with Crippen LogP contribution in [0.4, 0.5) is 5.69 Å². The molecule has 2 heteroatoms. The monoisotopic (exact) mass is 134 g/mol. The van der Waals surface area contributed by atoms with E-state index in [4.69, 9.17) is 0 Å². The van der Waals surface area contributed by atoms with Gasteiger partial charge in [-0.3, -0.25) is 4.98 Å². The fourth-order valence-corrected chi connectivity index (χ4v) is 1.13. The number of aromatic nitrogens is 1. The van der Waals surface area contributed by atoms with Crippen LogP contribution in [0, 0.1) is 0 Å². The molecule has 2 heterocycles. The van der Waals surface area contributed by atoms with Crippen molar-refractivity contribution in [3.63, 3.8) is 0 Å². The summed E-state index contributed by atoms with van der Waals surface area (Å²) >= 11 is 0. The number of nitrogens with zero attached hydrogens (tertiary/aromatic N) is 2. The number of anilines is 1. The topological polar surface area (TPSA) is 16.1 Å². The van der Waals surface area contributed by atoms with Crippen molar-refractivity contribution in [3.8, 4) is 0 Å². The molecule has 0 amide bonds. The van der Waals surface area contributed by atoms with Gasteiger partial charge in [0.1, 0.15) is 0 Å². The summed E-state index contributed by atoms with van der Waals surface area (Å²) in [7, 11) is 0. The Balaban J connectivity index is 2.18. The first-order chi connectivity index (χ1) is 4.97. The summed E-state index contributed by atoms with van der Waals surface area (Å²) < 4.78 is 0. The lowest BCUT2D eigenvalue weighted by Gasteiger charge is -2.32. The van der Waals surface area contributed by atoms with Gasteiger partial charge >= 0.3 is 0 Å². The zero-order chi connectivity index (χ0) is 6.81. The minimum atomic E-state index is 1.21. The van der Waals surface area contributed by atoms with Gasteiger partial charge in [0.25, 0.3) is 0 Å². The minimum Gasteiger partial charge on any atom is -0.371 e. The van der Waals surface area contributed by atoms with Gasteiger partial charge in [-0.2, -0.15) is 0 Å². The first-order valence-electron chi connectivity index (χ1n) is 3.62. The third kappa shape index (κ3) is 0.856. The van der Waals surface area contributed by atoms with E-state index < -0.39 is 0 Å². The fourth-order valence-electron chi connectivity index (χ4n) is 1.13. The van der Waals surface area contributed by atoms with E-state index in [0.29, 0.717) is 0 Å². The molecular formula is C8H10N2. The minimum absolute atomic E-state index is 1.21. The van der Waals surface area contributed by atoms with E-state index in [0.717, 1.165) is 0 Å². The van der Waals surface area contributed by atoms with Crippen molar-refractivity contribution >= 4 is 5.69 Å². The van der Waals surface area contributed by atoms with Gasteiger partial charge in [-0.25, -0.2) is 0 Å². The van der Waals surface area contributed by atoms with Gasteiger partial charge in [-0.15, -0.1) is 0 Å². The van der Waals surface area contributed by atoms with Gasteiger partial charge in [-0.1, -0.05) is 0 Å². The predicted octanol–water partition coefficient (Wildman–Crippen LogP) is 1.29. The molecule has 1 saturated heterocycles. The Morgan fingerprint density at radius 3 is 2.40 bits per heavy atom. The second-order valence-corrected chi connectivity index (χ2v) is 2.55. The summed E-state index contributed by atoms with van der Waals surface area (Å²) in [6.45, 7) is 2.42. The molecule has 1 aromatic heterocycles.